The van der Waals surface area contributed by atoms with E-state index >= 15 is 0 Å². The minimum atomic E-state index is -4.60. The molecule has 2 amide bonds. The van der Waals surface area contributed by atoms with Crippen LogP contribution in [0.15, 0.2) is 66.7 Å². The summed E-state index contributed by atoms with van der Waals surface area (Å²) in [5, 5.41) is 13.3. The first-order valence-electron chi connectivity index (χ1n) is 17.1. The number of hydrogen-bond acceptors (Lipinski definition) is 5. The van der Waals surface area contributed by atoms with Crippen molar-refractivity contribution in [3.05, 3.63) is 72.3 Å². The number of para-hydroxylation sites is 1. The second-order valence-electron chi connectivity index (χ2n) is 12.2. The molecule has 0 heterocycles. The maximum absolute atomic E-state index is 13.7. The molecular weight excluding hydrogens is 623 g/mol. The van der Waals surface area contributed by atoms with E-state index in [9.17, 15) is 27.7 Å². The molecule has 1 unspecified atom stereocenters. The number of benzene rings is 3. The minimum Gasteiger partial charge on any atom is -1.00 e. The molecule has 0 spiro atoms. The number of unbranched alkanes of at least 4 members (excludes halogenated alkanes) is 13. The second-order valence-corrected chi connectivity index (χ2v) is 13.8. The summed E-state index contributed by atoms with van der Waals surface area (Å²) >= 11 is 0. The van der Waals surface area contributed by atoms with Crippen LogP contribution in [0.25, 0.3) is 10.8 Å². The van der Waals surface area contributed by atoms with Crippen LogP contribution in [0.2, 0.25) is 0 Å². The van der Waals surface area contributed by atoms with Gasteiger partial charge in [-0.15, -0.1) is 0 Å². The van der Waals surface area contributed by atoms with Crippen molar-refractivity contribution in [3.8, 4) is 5.75 Å². The molecule has 0 aliphatic carbocycles. The van der Waals surface area contributed by atoms with Gasteiger partial charge in [-0.2, -0.15) is 8.42 Å². The van der Waals surface area contributed by atoms with Gasteiger partial charge in [0, 0.05) is 24.2 Å². The smallest absolute Gasteiger partial charge is 1.00 e. The Kier molecular flexibility index (Phi) is 19.3. The summed E-state index contributed by atoms with van der Waals surface area (Å²) in [7, 11) is -4.60. The second kappa shape index (κ2) is 22.3. The summed E-state index contributed by atoms with van der Waals surface area (Å²) < 4.78 is 34.0. The van der Waals surface area contributed by atoms with Gasteiger partial charge in [0.1, 0.15) is 5.75 Å². The number of fused-ring (bicyclic) bond motifs is 1. The van der Waals surface area contributed by atoms with Crippen molar-refractivity contribution in [1.29, 1.82) is 0 Å². The van der Waals surface area contributed by atoms with Gasteiger partial charge in [-0.1, -0.05) is 145 Å². The molecule has 8 nitrogen and oxygen atoms in total. The summed E-state index contributed by atoms with van der Waals surface area (Å²) in [6.07, 6.45) is 16.3. The van der Waals surface area contributed by atoms with E-state index < -0.39 is 27.2 Å². The SMILES string of the molecule is CCCCCCCCCCCCCCCCC(C(=O)NCCN(C(=O)c1ccc2ccccc2c1O)c1ccccc1)S(=O)(=O)O.[H-].[Na+]. The number of anilines is 1. The zero-order valence-corrected chi connectivity index (χ0v) is 31.1. The number of amides is 2. The van der Waals surface area contributed by atoms with Crippen molar-refractivity contribution >= 4 is 38.4 Å². The van der Waals surface area contributed by atoms with Crippen LogP contribution >= 0.6 is 0 Å². The Balaban J connectivity index is 0.00000576. The van der Waals surface area contributed by atoms with Crippen LogP contribution in [0.3, 0.4) is 0 Å². The van der Waals surface area contributed by atoms with Gasteiger partial charge in [-0.3, -0.25) is 14.1 Å². The summed E-state index contributed by atoms with van der Waals surface area (Å²) in [6, 6.07) is 19.4. The predicted octanol–water partition coefficient (Wildman–Crippen LogP) is 5.55. The van der Waals surface area contributed by atoms with E-state index in [1.54, 1.807) is 48.5 Å². The molecular formula is C37H53N2NaO6S. The largest absolute Gasteiger partial charge is 1.00 e. The topological polar surface area (TPSA) is 124 Å². The molecule has 3 aromatic carbocycles. The minimum absolute atomic E-state index is 0. The monoisotopic (exact) mass is 676 g/mol. The van der Waals surface area contributed by atoms with Crippen LogP contribution in [0, 0.1) is 0 Å². The van der Waals surface area contributed by atoms with Gasteiger partial charge in [0.25, 0.3) is 16.0 Å². The maximum atomic E-state index is 13.7. The summed E-state index contributed by atoms with van der Waals surface area (Å²) in [4.78, 5) is 28.0. The average Bonchev–Trinajstić information content (AvgIpc) is 3.04. The first-order chi connectivity index (χ1) is 22.2. The standard InChI is InChI=1S/C37H52N2O6S.Na.H/c1-2-3-4-5-6-7-8-9-10-11-12-13-14-18-25-34(46(43,44)45)36(41)38-28-29-39(31-22-16-15-17-23-31)37(42)33-27-26-30-21-19-20-24-32(30)35(33)40;;/h15-17,19-24,26-27,34,40H,2-14,18,25,28-29H2,1H3,(H,38,41)(H,43,44,45);;/q;+1;-1. The Morgan fingerprint density at radius 2 is 1.30 bits per heavy atom. The van der Waals surface area contributed by atoms with Crippen LogP contribution in [0.1, 0.15) is 115 Å². The van der Waals surface area contributed by atoms with Crippen molar-refractivity contribution < 1.29 is 58.7 Å². The van der Waals surface area contributed by atoms with Crippen molar-refractivity contribution in [2.45, 2.75) is 108 Å². The molecule has 0 aliphatic rings. The van der Waals surface area contributed by atoms with E-state index in [2.05, 4.69) is 12.2 Å². The molecule has 3 N–H and O–H groups in total. The fraction of sp³-hybridized carbons (Fsp3) is 0.514. The third kappa shape index (κ3) is 13.9. The van der Waals surface area contributed by atoms with Crippen LogP contribution in [-0.4, -0.2) is 48.2 Å². The molecule has 10 heteroatoms. The van der Waals surface area contributed by atoms with Crippen molar-refractivity contribution in [2.75, 3.05) is 18.0 Å². The Morgan fingerprint density at radius 1 is 0.766 bits per heavy atom. The maximum Gasteiger partial charge on any atom is 1.00 e. The van der Waals surface area contributed by atoms with Gasteiger partial charge < -0.3 is 16.7 Å². The molecule has 1 atom stereocenters. The number of hydrogen-bond donors (Lipinski definition) is 3. The first kappa shape index (κ1) is 40.7. The van der Waals surface area contributed by atoms with Crippen molar-refractivity contribution in [2.24, 2.45) is 0 Å². The van der Waals surface area contributed by atoms with E-state index in [1.165, 1.54) is 62.7 Å². The van der Waals surface area contributed by atoms with Crippen molar-refractivity contribution in [3.63, 3.8) is 0 Å². The zero-order chi connectivity index (χ0) is 33.2. The van der Waals surface area contributed by atoms with Crippen LogP contribution in [0.4, 0.5) is 5.69 Å². The van der Waals surface area contributed by atoms with Crippen LogP contribution in [-0.2, 0) is 14.9 Å². The Morgan fingerprint density at radius 3 is 1.87 bits per heavy atom. The number of phenols is 1. The summed E-state index contributed by atoms with van der Waals surface area (Å²) in [6.45, 7) is 2.22. The Labute approximate surface area is 305 Å². The van der Waals surface area contributed by atoms with E-state index in [1.807, 2.05) is 18.2 Å². The van der Waals surface area contributed by atoms with E-state index in [0.29, 0.717) is 17.5 Å². The third-order valence-corrected chi connectivity index (χ3v) is 9.72. The van der Waals surface area contributed by atoms with E-state index in [4.69, 9.17) is 0 Å². The number of nitrogens with zero attached hydrogens (tertiary/aromatic N) is 1. The van der Waals surface area contributed by atoms with E-state index in [0.717, 1.165) is 31.1 Å². The van der Waals surface area contributed by atoms with Gasteiger partial charge in [-0.05, 0) is 30.0 Å². The summed E-state index contributed by atoms with van der Waals surface area (Å²) in [5.74, 6) is -1.38. The van der Waals surface area contributed by atoms with E-state index in [-0.39, 0.29) is 61.8 Å². The molecule has 0 aliphatic heterocycles. The molecule has 47 heavy (non-hydrogen) atoms. The fourth-order valence-corrected chi connectivity index (χ4v) is 6.69. The number of aromatic hydroxyl groups is 1. The van der Waals surface area contributed by atoms with Crippen LogP contribution in [0.5, 0.6) is 5.75 Å². The molecule has 0 fully saturated rings. The fourth-order valence-electron chi connectivity index (χ4n) is 5.87. The Bertz CT molecular complexity index is 1480. The van der Waals surface area contributed by atoms with Gasteiger partial charge in [0.15, 0.2) is 5.25 Å². The number of rotatable bonds is 22. The molecule has 3 rings (SSSR count). The van der Waals surface area contributed by atoms with Gasteiger partial charge >= 0.3 is 29.6 Å². The third-order valence-electron chi connectivity index (χ3n) is 8.55. The number of phenolic OH excluding ortho intramolecular Hbond substituents is 1. The van der Waals surface area contributed by atoms with Gasteiger partial charge in [-0.25, -0.2) is 0 Å². The Hall–Kier alpha value is -2.43. The molecule has 0 bridgehead atoms. The first-order valence-corrected chi connectivity index (χ1v) is 18.6. The molecule has 0 radical (unpaired) electrons. The summed E-state index contributed by atoms with van der Waals surface area (Å²) in [5.41, 5.74) is 0.672. The average molecular weight is 677 g/mol. The molecule has 3 aromatic rings. The van der Waals surface area contributed by atoms with Gasteiger partial charge in [0.2, 0.25) is 5.91 Å². The number of carbonyl (C=O) groups is 2. The molecule has 254 valence electrons. The van der Waals surface area contributed by atoms with Crippen molar-refractivity contribution in [1.82, 2.24) is 5.32 Å². The number of carbonyl (C=O) groups excluding carboxylic acids is 2. The number of nitrogens with one attached hydrogen (secondary N) is 1. The quantitative estimate of drug-likeness (QED) is 0.0729. The normalized spacial score (nSPS) is 12.0. The predicted molar refractivity (Wildman–Crippen MR) is 188 cm³/mol. The molecule has 0 aromatic heterocycles. The molecule has 0 saturated heterocycles. The van der Waals surface area contributed by atoms with Crippen LogP contribution < -0.4 is 39.8 Å². The molecule has 0 saturated carbocycles. The van der Waals surface area contributed by atoms with Gasteiger partial charge in [0.05, 0.1) is 5.56 Å². The zero-order valence-electron chi connectivity index (χ0n) is 29.3.